The predicted octanol–water partition coefficient (Wildman–Crippen LogP) is 4.62. The number of hydrogen-bond donors (Lipinski definition) is 1. The maximum absolute atomic E-state index is 12.9. The van der Waals surface area contributed by atoms with Gasteiger partial charge in [0.1, 0.15) is 5.58 Å². The van der Waals surface area contributed by atoms with E-state index in [1.165, 1.54) is 6.07 Å². The Balaban J connectivity index is 1.53. The minimum atomic E-state index is -0.399. The molecule has 0 saturated carbocycles. The molecule has 1 aliphatic rings. The summed E-state index contributed by atoms with van der Waals surface area (Å²) in [5, 5.41) is 3.76. The average molecular weight is 395 g/mol. The van der Waals surface area contributed by atoms with E-state index in [0.717, 1.165) is 41.0 Å². The first-order valence-corrected chi connectivity index (χ1v) is 10.3. The van der Waals surface area contributed by atoms with Crippen molar-refractivity contribution in [3.63, 3.8) is 0 Å². The lowest BCUT2D eigenvalue weighted by atomic mass is 10.1. The van der Waals surface area contributed by atoms with Crippen LogP contribution in [0.25, 0.3) is 11.0 Å². The maximum Gasteiger partial charge on any atom is 0.336 e. The van der Waals surface area contributed by atoms with Gasteiger partial charge in [0.2, 0.25) is 0 Å². The van der Waals surface area contributed by atoms with E-state index < -0.39 is 5.63 Å². The van der Waals surface area contributed by atoms with E-state index >= 15 is 0 Å². The molecule has 1 N–H and O–H groups in total. The van der Waals surface area contributed by atoms with Crippen molar-refractivity contribution < 1.29 is 13.9 Å². The number of carbonyl (C=O) groups excluding carboxylic acids is 1. The third kappa shape index (κ3) is 4.13. The van der Waals surface area contributed by atoms with Crippen LogP contribution < -0.4 is 10.9 Å². The van der Waals surface area contributed by atoms with Gasteiger partial charge >= 0.3 is 5.63 Å². The molecule has 1 saturated heterocycles. The summed E-state index contributed by atoms with van der Waals surface area (Å²) >= 11 is 1.64. The molecule has 144 valence electrons. The molecule has 1 amide bonds. The van der Waals surface area contributed by atoms with Gasteiger partial charge in [-0.3, -0.25) is 4.79 Å². The van der Waals surface area contributed by atoms with Gasteiger partial charge in [-0.25, -0.2) is 4.79 Å². The molecular weight excluding hydrogens is 374 g/mol. The molecule has 0 radical (unpaired) electrons. The zero-order chi connectivity index (χ0) is 19.5. The van der Waals surface area contributed by atoms with Gasteiger partial charge in [0.25, 0.3) is 5.91 Å². The van der Waals surface area contributed by atoms with Crippen molar-refractivity contribution in [2.75, 3.05) is 17.7 Å². The first-order chi connectivity index (χ1) is 13.6. The van der Waals surface area contributed by atoms with Gasteiger partial charge in [0.05, 0.1) is 11.7 Å². The zero-order valence-electron chi connectivity index (χ0n) is 15.6. The minimum Gasteiger partial charge on any atom is -0.423 e. The number of carbonyl (C=O) groups is 1. The molecule has 1 unspecified atom stereocenters. The summed E-state index contributed by atoms with van der Waals surface area (Å²) in [6, 6.07) is 14.4. The maximum atomic E-state index is 12.9. The van der Waals surface area contributed by atoms with Gasteiger partial charge in [0, 0.05) is 40.5 Å². The fourth-order valence-electron chi connectivity index (χ4n) is 3.34. The second kappa shape index (κ2) is 8.20. The molecule has 4 rings (SSSR count). The normalized spacial score (nSPS) is 16.4. The van der Waals surface area contributed by atoms with Crippen LogP contribution in [0.3, 0.4) is 0 Å². The summed E-state index contributed by atoms with van der Waals surface area (Å²) in [5.74, 6) is 0.648. The average Bonchev–Trinajstić information content (AvgIpc) is 3.20. The highest BCUT2D eigenvalue weighted by Crippen LogP contribution is 2.28. The van der Waals surface area contributed by atoms with Crippen molar-refractivity contribution in [2.24, 2.45) is 0 Å². The molecule has 1 fully saturated rings. The second-order valence-electron chi connectivity index (χ2n) is 6.86. The summed E-state index contributed by atoms with van der Waals surface area (Å²) in [6.45, 7) is 2.68. The summed E-state index contributed by atoms with van der Waals surface area (Å²) < 4.78 is 10.9. The Bertz CT molecular complexity index is 1070. The van der Waals surface area contributed by atoms with Crippen LogP contribution in [-0.2, 0) is 4.74 Å². The summed E-state index contributed by atoms with van der Waals surface area (Å²) in [5.41, 5.74) is 2.12. The Labute approximate surface area is 167 Å². The Morgan fingerprint density at radius 2 is 2.07 bits per heavy atom. The Morgan fingerprint density at radius 3 is 2.89 bits per heavy atom. The Kier molecular flexibility index (Phi) is 5.50. The lowest BCUT2D eigenvalue weighted by Crippen LogP contribution is -2.14. The van der Waals surface area contributed by atoms with Gasteiger partial charge < -0.3 is 14.5 Å². The Morgan fingerprint density at radius 1 is 1.21 bits per heavy atom. The second-order valence-corrected chi connectivity index (χ2v) is 7.92. The number of rotatable bonds is 5. The number of ether oxygens (including phenoxy) is 1. The van der Waals surface area contributed by atoms with E-state index in [2.05, 4.69) is 5.32 Å². The van der Waals surface area contributed by atoms with E-state index in [4.69, 9.17) is 9.15 Å². The monoisotopic (exact) mass is 395 g/mol. The van der Waals surface area contributed by atoms with Crippen LogP contribution in [0.15, 0.2) is 62.6 Å². The van der Waals surface area contributed by atoms with Crippen molar-refractivity contribution in [1.29, 1.82) is 0 Å². The van der Waals surface area contributed by atoms with Crippen molar-refractivity contribution in [1.82, 2.24) is 0 Å². The Hall–Kier alpha value is -2.57. The van der Waals surface area contributed by atoms with Gasteiger partial charge in [-0.2, -0.15) is 0 Å². The van der Waals surface area contributed by atoms with Gasteiger partial charge in [-0.05, 0) is 49.6 Å². The predicted molar refractivity (Wildman–Crippen MR) is 111 cm³/mol. The third-order valence-corrected chi connectivity index (χ3v) is 6.00. The first kappa shape index (κ1) is 18.8. The van der Waals surface area contributed by atoms with E-state index in [-0.39, 0.29) is 12.0 Å². The van der Waals surface area contributed by atoms with E-state index in [0.29, 0.717) is 16.8 Å². The highest BCUT2D eigenvalue weighted by Gasteiger charge is 2.18. The molecule has 2 aromatic carbocycles. The molecule has 3 aromatic rings. The summed E-state index contributed by atoms with van der Waals surface area (Å²) in [4.78, 5) is 25.4. The molecule has 1 aromatic heterocycles. The summed E-state index contributed by atoms with van der Waals surface area (Å²) in [7, 11) is 0. The number of anilines is 1. The highest BCUT2D eigenvalue weighted by molar-refractivity contribution is 7.99. The van der Waals surface area contributed by atoms with Crippen molar-refractivity contribution in [3.8, 4) is 0 Å². The molecule has 5 nitrogen and oxygen atoms in total. The minimum absolute atomic E-state index is 0.190. The topological polar surface area (TPSA) is 68.5 Å². The molecule has 28 heavy (non-hydrogen) atoms. The first-order valence-electron chi connectivity index (χ1n) is 9.29. The molecular formula is C22H21NO4S. The van der Waals surface area contributed by atoms with Crippen molar-refractivity contribution >= 4 is 34.3 Å². The van der Waals surface area contributed by atoms with Crippen LogP contribution in [-0.4, -0.2) is 24.4 Å². The van der Waals surface area contributed by atoms with E-state index in [9.17, 15) is 9.59 Å². The van der Waals surface area contributed by atoms with Crippen molar-refractivity contribution in [3.05, 3.63) is 70.1 Å². The fraction of sp³-hybridized carbons (Fsp3) is 0.273. The number of amides is 1. The van der Waals surface area contributed by atoms with Crippen LogP contribution in [0.4, 0.5) is 5.69 Å². The SMILES string of the molecule is Cc1cc(=O)oc2cc(NC(=O)c3ccccc3SCC3CCCO3)ccc12. The number of thioether (sulfide) groups is 1. The quantitative estimate of drug-likeness (QED) is 0.504. The number of nitrogens with one attached hydrogen (secondary N) is 1. The van der Waals surface area contributed by atoms with Crippen LogP contribution in [0.5, 0.6) is 0 Å². The molecule has 0 aliphatic carbocycles. The van der Waals surface area contributed by atoms with Gasteiger partial charge in [-0.15, -0.1) is 11.8 Å². The van der Waals surface area contributed by atoms with Crippen LogP contribution in [0, 0.1) is 6.92 Å². The molecule has 0 spiro atoms. The van der Waals surface area contributed by atoms with Crippen LogP contribution in [0.1, 0.15) is 28.8 Å². The molecule has 2 heterocycles. The zero-order valence-corrected chi connectivity index (χ0v) is 16.4. The van der Waals surface area contributed by atoms with E-state index in [1.54, 1.807) is 17.8 Å². The third-order valence-electron chi connectivity index (χ3n) is 4.79. The smallest absolute Gasteiger partial charge is 0.336 e. The van der Waals surface area contributed by atoms with Crippen LogP contribution >= 0.6 is 11.8 Å². The molecule has 1 atom stereocenters. The van der Waals surface area contributed by atoms with Crippen LogP contribution in [0.2, 0.25) is 0 Å². The fourth-order valence-corrected chi connectivity index (χ4v) is 4.46. The van der Waals surface area contributed by atoms with Gasteiger partial charge in [0.15, 0.2) is 0 Å². The molecule has 6 heteroatoms. The highest BCUT2D eigenvalue weighted by atomic mass is 32.2. The largest absolute Gasteiger partial charge is 0.423 e. The lowest BCUT2D eigenvalue weighted by molar-refractivity contribution is 0.102. The molecule has 0 bridgehead atoms. The number of aryl methyl sites for hydroxylation is 1. The standard InChI is InChI=1S/C22H21NO4S/c1-14-11-21(24)27-19-12-15(8-9-17(14)19)23-22(25)18-6-2-3-7-20(18)28-13-16-5-4-10-26-16/h2-3,6-9,11-12,16H,4-5,10,13H2,1H3,(H,23,25). The lowest BCUT2D eigenvalue weighted by Gasteiger charge is -2.12. The number of fused-ring (bicyclic) bond motifs is 1. The number of benzene rings is 2. The number of hydrogen-bond acceptors (Lipinski definition) is 5. The van der Waals surface area contributed by atoms with Crippen molar-refractivity contribution in [2.45, 2.75) is 30.8 Å². The summed E-state index contributed by atoms with van der Waals surface area (Å²) in [6.07, 6.45) is 2.43. The van der Waals surface area contributed by atoms with Gasteiger partial charge in [-0.1, -0.05) is 12.1 Å². The molecule has 1 aliphatic heterocycles. The van der Waals surface area contributed by atoms with E-state index in [1.807, 2.05) is 43.3 Å².